The van der Waals surface area contributed by atoms with Crippen LogP contribution in [-0.4, -0.2) is 55.5 Å². The maximum Gasteiger partial charge on any atom is 0.265 e. The number of aryl methyl sites for hydroxylation is 1. The van der Waals surface area contributed by atoms with Crippen LogP contribution in [0, 0.1) is 6.92 Å². The number of amides is 2. The molecule has 2 aliphatic heterocycles. The topological polar surface area (TPSA) is 61.9 Å². The number of carbonyl (C=O) groups is 2. The van der Waals surface area contributed by atoms with E-state index in [-0.39, 0.29) is 18.4 Å². The van der Waals surface area contributed by atoms with E-state index in [1.165, 1.54) is 25.8 Å². The Labute approximate surface area is 168 Å². The smallest absolute Gasteiger partial charge is 0.265 e. The molecule has 6 nitrogen and oxygen atoms in total. The van der Waals surface area contributed by atoms with Crippen LogP contribution in [0.4, 0.5) is 5.69 Å². The van der Waals surface area contributed by atoms with E-state index in [9.17, 15) is 9.59 Å². The summed E-state index contributed by atoms with van der Waals surface area (Å²) < 4.78 is 5.50. The van der Waals surface area contributed by atoms with Crippen molar-refractivity contribution in [2.24, 2.45) is 0 Å². The summed E-state index contributed by atoms with van der Waals surface area (Å²) in [5.41, 5.74) is 1.90. The molecule has 28 heavy (non-hydrogen) atoms. The van der Waals surface area contributed by atoms with Gasteiger partial charge in [0.25, 0.3) is 5.91 Å². The van der Waals surface area contributed by atoms with Crippen LogP contribution in [0.25, 0.3) is 0 Å². The maximum atomic E-state index is 12.2. The van der Waals surface area contributed by atoms with Gasteiger partial charge < -0.3 is 19.9 Å². The SMILES string of the molecule is Cc1ccc2c(c1)N(CCCC(=O)NCCCN1CCCC[C@@H]1C)C(=O)CO2. The van der Waals surface area contributed by atoms with Crippen molar-refractivity contribution in [3.8, 4) is 5.75 Å². The van der Waals surface area contributed by atoms with Gasteiger partial charge in [-0.15, -0.1) is 0 Å². The Bertz CT molecular complexity index is 692. The van der Waals surface area contributed by atoms with Crippen molar-refractivity contribution in [2.45, 2.75) is 58.4 Å². The van der Waals surface area contributed by atoms with Crippen LogP contribution in [-0.2, 0) is 9.59 Å². The van der Waals surface area contributed by atoms with E-state index >= 15 is 0 Å². The molecule has 1 N–H and O–H groups in total. The molecule has 154 valence electrons. The fraction of sp³-hybridized carbons (Fsp3) is 0.636. The summed E-state index contributed by atoms with van der Waals surface area (Å²) >= 11 is 0. The second-order valence-electron chi connectivity index (χ2n) is 7.99. The first kappa shape index (κ1) is 20.6. The lowest BCUT2D eigenvalue weighted by Crippen LogP contribution is -2.40. The first-order valence-electron chi connectivity index (χ1n) is 10.6. The Hall–Kier alpha value is -2.08. The highest BCUT2D eigenvalue weighted by molar-refractivity contribution is 5.97. The molecule has 3 rings (SSSR count). The van der Waals surface area contributed by atoms with E-state index in [1.54, 1.807) is 4.90 Å². The lowest BCUT2D eigenvalue weighted by Gasteiger charge is -2.33. The molecule has 2 aliphatic rings. The molecular formula is C22H33N3O3. The predicted molar refractivity (Wildman–Crippen MR) is 111 cm³/mol. The number of benzene rings is 1. The maximum absolute atomic E-state index is 12.2. The van der Waals surface area contributed by atoms with Crippen LogP contribution >= 0.6 is 0 Å². The number of piperidine rings is 1. The van der Waals surface area contributed by atoms with Crippen LogP contribution in [0.5, 0.6) is 5.75 Å². The van der Waals surface area contributed by atoms with E-state index in [0.717, 1.165) is 36.5 Å². The van der Waals surface area contributed by atoms with Crippen molar-refractivity contribution in [1.82, 2.24) is 10.2 Å². The van der Waals surface area contributed by atoms with Gasteiger partial charge in [-0.1, -0.05) is 12.5 Å². The fourth-order valence-electron chi connectivity index (χ4n) is 4.04. The number of fused-ring (bicyclic) bond motifs is 1. The van der Waals surface area contributed by atoms with Gasteiger partial charge in [-0.2, -0.15) is 0 Å². The van der Waals surface area contributed by atoms with Gasteiger partial charge in [0.15, 0.2) is 6.61 Å². The molecule has 1 aromatic carbocycles. The number of anilines is 1. The Morgan fingerprint density at radius 2 is 2.11 bits per heavy atom. The van der Waals surface area contributed by atoms with Crippen molar-refractivity contribution < 1.29 is 14.3 Å². The average Bonchev–Trinajstić information content (AvgIpc) is 2.68. The minimum absolute atomic E-state index is 0.0471. The van der Waals surface area contributed by atoms with Crippen LogP contribution in [0.3, 0.4) is 0 Å². The molecule has 1 fully saturated rings. The zero-order valence-electron chi connectivity index (χ0n) is 17.2. The van der Waals surface area contributed by atoms with Crippen molar-refractivity contribution in [2.75, 3.05) is 37.7 Å². The zero-order valence-corrected chi connectivity index (χ0v) is 17.2. The lowest BCUT2D eigenvalue weighted by atomic mass is 10.0. The highest BCUT2D eigenvalue weighted by Crippen LogP contribution is 2.32. The van der Waals surface area contributed by atoms with Gasteiger partial charge in [0.2, 0.25) is 5.91 Å². The Morgan fingerprint density at radius 1 is 1.25 bits per heavy atom. The molecule has 1 aromatic rings. The highest BCUT2D eigenvalue weighted by atomic mass is 16.5. The minimum atomic E-state index is -0.0471. The molecule has 0 aromatic heterocycles. The third-order valence-corrected chi connectivity index (χ3v) is 5.73. The summed E-state index contributed by atoms with van der Waals surface area (Å²) in [6, 6.07) is 6.51. The molecule has 2 amide bonds. The molecule has 1 saturated heterocycles. The van der Waals surface area contributed by atoms with Gasteiger partial charge in [-0.3, -0.25) is 9.59 Å². The number of hydrogen-bond donors (Lipinski definition) is 1. The van der Waals surface area contributed by atoms with Crippen LogP contribution in [0.2, 0.25) is 0 Å². The van der Waals surface area contributed by atoms with Crippen LogP contribution < -0.4 is 15.0 Å². The van der Waals surface area contributed by atoms with Gasteiger partial charge >= 0.3 is 0 Å². The van der Waals surface area contributed by atoms with Gasteiger partial charge in [0.05, 0.1) is 5.69 Å². The van der Waals surface area contributed by atoms with Crippen molar-refractivity contribution in [3.63, 3.8) is 0 Å². The number of nitrogens with one attached hydrogen (secondary N) is 1. The van der Waals surface area contributed by atoms with E-state index in [0.29, 0.717) is 25.4 Å². The monoisotopic (exact) mass is 387 g/mol. The fourth-order valence-corrected chi connectivity index (χ4v) is 4.04. The molecule has 1 atom stereocenters. The number of ether oxygens (including phenoxy) is 1. The standard InChI is InChI=1S/C22H33N3O3/c1-17-9-10-20-19(15-17)25(22(27)16-28-20)14-5-8-21(26)23-11-6-13-24-12-4-3-7-18(24)2/h9-10,15,18H,3-8,11-14,16H2,1-2H3,(H,23,26)/t18-/m0/s1. The third kappa shape index (κ3) is 5.47. The lowest BCUT2D eigenvalue weighted by molar-refractivity contribution is -0.122. The second-order valence-corrected chi connectivity index (χ2v) is 7.99. The van der Waals surface area contributed by atoms with Crippen LogP contribution in [0.1, 0.15) is 51.0 Å². The molecule has 0 spiro atoms. The van der Waals surface area contributed by atoms with E-state index in [2.05, 4.69) is 17.1 Å². The number of carbonyl (C=O) groups excluding carboxylic acids is 2. The summed E-state index contributed by atoms with van der Waals surface area (Å²) in [5.74, 6) is 0.757. The third-order valence-electron chi connectivity index (χ3n) is 5.73. The van der Waals surface area contributed by atoms with Gasteiger partial charge in [0.1, 0.15) is 5.75 Å². The summed E-state index contributed by atoms with van der Waals surface area (Å²) in [5, 5.41) is 3.02. The van der Waals surface area contributed by atoms with Crippen molar-refractivity contribution in [3.05, 3.63) is 23.8 Å². The summed E-state index contributed by atoms with van der Waals surface area (Å²) in [4.78, 5) is 28.6. The van der Waals surface area contributed by atoms with Crippen molar-refractivity contribution >= 4 is 17.5 Å². The predicted octanol–water partition coefficient (Wildman–Crippen LogP) is 2.88. The van der Waals surface area contributed by atoms with E-state index < -0.39 is 0 Å². The number of rotatable bonds is 8. The Morgan fingerprint density at radius 3 is 2.93 bits per heavy atom. The molecule has 6 heteroatoms. The molecule has 0 bridgehead atoms. The zero-order chi connectivity index (χ0) is 19.9. The highest BCUT2D eigenvalue weighted by Gasteiger charge is 2.25. The minimum Gasteiger partial charge on any atom is -0.482 e. The van der Waals surface area contributed by atoms with Gasteiger partial charge in [-0.25, -0.2) is 0 Å². The van der Waals surface area contributed by atoms with E-state index in [4.69, 9.17) is 4.74 Å². The Balaban J connectivity index is 1.36. The van der Waals surface area contributed by atoms with Gasteiger partial charge in [-0.05, 0) is 63.8 Å². The molecule has 2 heterocycles. The first-order valence-corrected chi connectivity index (χ1v) is 10.6. The molecular weight excluding hydrogens is 354 g/mol. The largest absolute Gasteiger partial charge is 0.482 e. The van der Waals surface area contributed by atoms with Crippen LogP contribution in [0.15, 0.2) is 18.2 Å². The summed E-state index contributed by atoms with van der Waals surface area (Å²) in [7, 11) is 0. The van der Waals surface area contributed by atoms with Crippen molar-refractivity contribution in [1.29, 1.82) is 0 Å². The van der Waals surface area contributed by atoms with E-state index in [1.807, 2.05) is 25.1 Å². The average molecular weight is 388 g/mol. The Kier molecular flexibility index (Phi) is 7.31. The molecule has 0 unspecified atom stereocenters. The number of hydrogen-bond acceptors (Lipinski definition) is 4. The molecule has 0 saturated carbocycles. The second kappa shape index (κ2) is 9.92. The first-order chi connectivity index (χ1) is 13.5. The van der Waals surface area contributed by atoms with Gasteiger partial charge in [0, 0.05) is 32.1 Å². The molecule has 0 radical (unpaired) electrons. The molecule has 0 aliphatic carbocycles. The number of nitrogens with zero attached hydrogens (tertiary/aromatic N) is 2. The number of likely N-dealkylation sites (tertiary alicyclic amines) is 1. The quantitative estimate of drug-likeness (QED) is 0.697. The summed E-state index contributed by atoms with van der Waals surface area (Å²) in [6.45, 7) is 7.86. The normalized spacial score (nSPS) is 19.9. The summed E-state index contributed by atoms with van der Waals surface area (Å²) in [6.07, 6.45) is 5.99.